The summed E-state index contributed by atoms with van der Waals surface area (Å²) in [7, 11) is 0. The summed E-state index contributed by atoms with van der Waals surface area (Å²) in [5, 5.41) is 9.83. The fourth-order valence-electron chi connectivity index (χ4n) is 1.02. The number of nitrogens with zero attached hydrogens (tertiary/aromatic N) is 1. The lowest BCUT2D eigenvalue weighted by atomic mass is 10.5. The predicted octanol–water partition coefficient (Wildman–Crippen LogP) is 0.704. The zero-order valence-corrected chi connectivity index (χ0v) is 6.43. The molecule has 0 saturated heterocycles. The molecule has 2 aromatic heterocycles. The molecule has 0 amide bonds. The third-order valence-corrected chi connectivity index (χ3v) is 2.43. The molecule has 58 valence electrons. The molecule has 0 radical (unpaired) electrons. The average molecular weight is 169 g/mol. The highest BCUT2D eigenvalue weighted by molar-refractivity contribution is 7.22. The molecule has 2 rings (SSSR count). The van der Waals surface area contributed by atoms with Crippen molar-refractivity contribution in [3.8, 4) is 5.88 Å². The molecule has 0 aliphatic heterocycles. The van der Waals surface area contributed by atoms with Gasteiger partial charge >= 0.3 is 0 Å². The SMILES string of the molecule is Nc1cc2c(cc(O)n2N)s1. The van der Waals surface area contributed by atoms with Crippen LogP contribution in [0, 0.1) is 0 Å². The van der Waals surface area contributed by atoms with Crippen LogP contribution in [0.4, 0.5) is 5.00 Å². The van der Waals surface area contributed by atoms with Gasteiger partial charge in [0.05, 0.1) is 15.2 Å². The number of thiophene rings is 1. The van der Waals surface area contributed by atoms with Crippen molar-refractivity contribution >= 4 is 26.6 Å². The zero-order chi connectivity index (χ0) is 8.01. The summed E-state index contributed by atoms with van der Waals surface area (Å²) in [5.74, 6) is 5.53. The Bertz CT molecular complexity index is 403. The Kier molecular flexibility index (Phi) is 1.05. The number of aromatic hydroxyl groups is 1. The quantitative estimate of drug-likeness (QED) is 0.508. The van der Waals surface area contributed by atoms with Gasteiger partial charge < -0.3 is 16.7 Å². The van der Waals surface area contributed by atoms with Crippen molar-refractivity contribution in [2.75, 3.05) is 11.6 Å². The molecule has 2 aromatic rings. The summed E-state index contributed by atoms with van der Waals surface area (Å²) in [6, 6.07) is 3.33. The Morgan fingerprint density at radius 3 is 2.82 bits per heavy atom. The van der Waals surface area contributed by atoms with Crippen LogP contribution in [0.1, 0.15) is 0 Å². The molecule has 4 nitrogen and oxygen atoms in total. The van der Waals surface area contributed by atoms with Gasteiger partial charge in [0.25, 0.3) is 0 Å². The van der Waals surface area contributed by atoms with Crippen LogP contribution < -0.4 is 11.6 Å². The monoisotopic (exact) mass is 169 g/mol. The van der Waals surface area contributed by atoms with Crippen LogP contribution in [0.25, 0.3) is 10.2 Å². The van der Waals surface area contributed by atoms with Gasteiger partial charge in [-0.15, -0.1) is 11.3 Å². The minimum atomic E-state index is 0.0613. The smallest absolute Gasteiger partial charge is 0.211 e. The fourth-order valence-corrected chi connectivity index (χ4v) is 1.87. The van der Waals surface area contributed by atoms with Crippen molar-refractivity contribution in [1.29, 1.82) is 0 Å². The highest BCUT2D eigenvalue weighted by Gasteiger charge is 2.07. The standard InChI is InChI=1S/C6H7N3OS/c7-5-1-3-4(11-5)2-6(10)9(3)8/h1-2,10H,7-8H2. The molecule has 0 bridgehead atoms. The Labute approximate surface area is 66.6 Å². The Morgan fingerprint density at radius 2 is 2.18 bits per heavy atom. The molecule has 0 aliphatic carbocycles. The molecule has 5 N–H and O–H groups in total. The number of hydrogen-bond acceptors (Lipinski definition) is 4. The second-order valence-corrected chi connectivity index (χ2v) is 3.39. The predicted molar refractivity (Wildman–Crippen MR) is 46.0 cm³/mol. The van der Waals surface area contributed by atoms with Crippen molar-refractivity contribution in [3.05, 3.63) is 12.1 Å². The van der Waals surface area contributed by atoms with Crippen molar-refractivity contribution in [3.63, 3.8) is 0 Å². The van der Waals surface area contributed by atoms with Gasteiger partial charge in [-0.05, 0) is 6.07 Å². The number of nitrogen functional groups attached to an aromatic ring is 2. The first-order valence-corrected chi connectivity index (χ1v) is 3.85. The van der Waals surface area contributed by atoms with Crippen LogP contribution in [-0.2, 0) is 0 Å². The molecule has 0 atom stereocenters. The molecular formula is C6H7N3OS. The van der Waals surface area contributed by atoms with E-state index >= 15 is 0 Å². The third-order valence-electron chi connectivity index (χ3n) is 1.53. The van der Waals surface area contributed by atoms with Gasteiger partial charge in [-0.2, -0.15) is 0 Å². The summed E-state index contributed by atoms with van der Waals surface area (Å²) < 4.78 is 2.12. The molecular weight excluding hydrogens is 162 g/mol. The van der Waals surface area contributed by atoms with E-state index in [1.54, 1.807) is 12.1 Å². The van der Waals surface area contributed by atoms with Gasteiger partial charge in [-0.1, -0.05) is 0 Å². The summed E-state index contributed by atoms with van der Waals surface area (Å²) >= 11 is 1.40. The Balaban J connectivity index is 2.88. The van der Waals surface area contributed by atoms with Gasteiger partial charge in [-0.3, -0.25) is 0 Å². The second-order valence-electron chi connectivity index (χ2n) is 2.27. The van der Waals surface area contributed by atoms with E-state index in [2.05, 4.69) is 0 Å². The van der Waals surface area contributed by atoms with E-state index in [1.165, 1.54) is 16.0 Å². The molecule has 0 spiro atoms. The van der Waals surface area contributed by atoms with Gasteiger partial charge in [0.15, 0.2) is 0 Å². The van der Waals surface area contributed by atoms with E-state index in [1.807, 2.05) is 0 Å². The lowest BCUT2D eigenvalue weighted by Crippen LogP contribution is -2.05. The molecule has 0 unspecified atom stereocenters. The zero-order valence-electron chi connectivity index (χ0n) is 5.61. The van der Waals surface area contributed by atoms with Crippen LogP contribution in [0.3, 0.4) is 0 Å². The summed E-state index contributed by atoms with van der Waals surface area (Å²) in [4.78, 5) is 0. The second kappa shape index (κ2) is 1.82. The highest BCUT2D eigenvalue weighted by Crippen LogP contribution is 2.31. The topological polar surface area (TPSA) is 77.2 Å². The van der Waals surface area contributed by atoms with Crippen LogP contribution >= 0.6 is 11.3 Å². The number of anilines is 1. The lowest BCUT2D eigenvalue weighted by Gasteiger charge is -1.93. The summed E-state index contributed by atoms with van der Waals surface area (Å²) in [6.07, 6.45) is 0. The molecule has 2 heterocycles. The summed E-state index contributed by atoms with van der Waals surface area (Å²) in [6.45, 7) is 0. The van der Waals surface area contributed by atoms with Crippen molar-refractivity contribution in [2.45, 2.75) is 0 Å². The third kappa shape index (κ3) is 0.743. The van der Waals surface area contributed by atoms with Crippen LogP contribution in [0.5, 0.6) is 5.88 Å². The molecule has 0 aliphatic rings. The van der Waals surface area contributed by atoms with Crippen LogP contribution in [0.15, 0.2) is 12.1 Å². The normalized spacial score (nSPS) is 10.9. The molecule has 11 heavy (non-hydrogen) atoms. The van der Waals surface area contributed by atoms with Gasteiger partial charge in [-0.25, -0.2) is 4.68 Å². The maximum atomic E-state index is 9.13. The number of aromatic nitrogens is 1. The Morgan fingerprint density at radius 1 is 1.45 bits per heavy atom. The number of hydrogen-bond donors (Lipinski definition) is 3. The highest BCUT2D eigenvalue weighted by atomic mass is 32.1. The summed E-state index contributed by atoms with van der Waals surface area (Å²) in [5.41, 5.74) is 6.29. The first-order chi connectivity index (χ1) is 5.18. The number of nitrogens with two attached hydrogens (primary N) is 2. The maximum Gasteiger partial charge on any atom is 0.211 e. The Hall–Kier alpha value is -1.36. The molecule has 0 saturated carbocycles. The van der Waals surface area contributed by atoms with E-state index in [0.717, 1.165) is 10.2 Å². The number of rotatable bonds is 0. The van der Waals surface area contributed by atoms with Gasteiger partial charge in [0, 0.05) is 6.07 Å². The van der Waals surface area contributed by atoms with Crippen molar-refractivity contribution in [2.24, 2.45) is 0 Å². The molecule has 0 aromatic carbocycles. The molecule has 0 fully saturated rings. The van der Waals surface area contributed by atoms with Crippen LogP contribution in [-0.4, -0.2) is 9.78 Å². The van der Waals surface area contributed by atoms with E-state index in [0.29, 0.717) is 5.00 Å². The minimum Gasteiger partial charge on any atom is -0.493 e. The fraction of sp³-hybridized carbons (Fsp3) is 0. The first kappa shape index (κ1) is 6.36. The minimum absolute atomic E-state index is 0.0613. The largest absolute Gasteiger partial charge is 0.493 e. The molecule has 5 heteroatoms. The van der Waals surface area contributed by atoms with E-state index in [9.17, 15) is 0 Å². The maximum absolute atomic E-state index is 9.13. The average Bonchev–Trinajstić information content (AvgIpc) is 2.37. The van der Waals surface area contributed by atoms with E-state index in [-0.39, 0.29) is 5.88 Å². The van der Waals surface area contributed by atoms with Gasteiger partial charge in [0.2, 0.25) is 5.88 Å². The number of fused-ring (bicyclic) bond motifs is 1. The first-order valence-electron chi connectivity index (χ1n) is 3.03. The van der Waals surface area contributed by atoms with E-state index in [4.69, 9.17) is 16.7 Å². The van der Waals surface area contributed by atoms with Crippen molar-refractivity contribution in [1.82, 2.24) is 4.68 Å². The van der Waals surface area contributed by atoms with E-state index < -0.39 is 0 Å². The van der Waals surface area contributed by atoms with Crippen LogP contribution in [0.2, 0.25) is 0 Å². The lowest BCUT2D eigenvalue weighted by molar-refractivity contribution is 0.441. The van der Waals surface area contributed by atoms with Crippen molar-refractivity contribution < 1.29 is 5.11 Å². The van der Waals surface area contributed by atoms with Gasteiger partial charge in [0.1, 0.15) is 0 Å².